The lowest BCUT2D eigenvalue weighted by Gasteiger charge is -2.37. The molecule has 0 bridgehead atoms. The van der Waals surface area contributed by atoms with Crippen LogP contribution in [-0.4, -0.2) is 11.6 Å². The zero-order valence-corrected chi connectivity index (χ0v) is 13.1. The minimum absolute atomic E-state index is 0.0567. The van der Waals surface area contributed by atoms with Crippen LogP contribution in [0.5, 0.6) is 0 Å². The van der Waals surface area contributed by atoms with Gasteiger partial charge in [0.05, 0.1) is 0 Å². The fourth-order valence-corrected chi connectivity index (χ4v) is 4.13. The van der Waals surface area contributed by atoms with Crippen molar-refractivity contribution in [3.8, 4) is 0 Å². The van der Waals surface area contributed by atoms with E-state index in [-0.39, 0.29) is 17.6 Å². The highest BCUT2D eigenvalue weighted by Crippen LogP contribution is 2.47. The van der Waals surface area contributed by atoms with Gasteiger partial charge >= 0.3 is 0 Å². The van der Waals surface area contributed by atoms with E-state index in [9.17, 15) is 9.59 Å². The van der Waals surface area contributed by atoms with Crippen molar-refractivity contribution in [2.24, 2.45) is 11.8 Å². The zero-order valence-electron chi connectivity index (χ0n) is 13.1. The van der Waals surface area contributed by atoms with Crippen LogP contribution in [0.1, 0.15) is 41.3 Å². The molecular weight excluding hydrogens is 284 g/mol. The number of ketones is 2. The number of rotatable bonds is 1. The first-order valence-electron chi connectivity index (χ1n) is 8.04. The maximum atomic E-state index is 12.6. The average molecular weight is 302 g/mol. The summed E-state index contributed by atoms with van der Waals surface area (Å²) in [4.78, 5) is 24.5. The molecule has 0 amide bonds. The Morgan fingerprint density at radius 3 is 2.78 bits per heavy atom. The van der Waals surface area contributed by atoms with Gasteiger partial charge in [0.25, 0.3) is 0 Å². The number of Topliss-reactive ketones (excluding diaryl/α,β-unsaturated/α-hetero) is 1. The Hall–Kier alpha value is -2.48. The molecule has 2 atom stereocenters. The van der Waals surface area contributed by atoms with Gasteiger partial charge in [-0.1, -0.05) is 49.4 Å². The molecule has 2 unspecified atom stereocenters. The molecule has 3 aliphatic carbocycles. The molecule has 0 spiro atoms. The molecule has 0 saturated heterocycles. The van der Waals surface area contributed by atoms with E-state index in [0.717, 1.165) is 33.4 Å². The van der Waals surface area contributed by atoms with Crippen LogP contribution in [0, 0.1) is 11.8 Å². The highest BCUT2D eigenvalue weighted by molar-refractivity contribution is 6.14. The van der Waals surface area contributed by atoms with Gasteiger partial charge in [0, 0.05) is 24.3 Å². The van der Waals surface area contributed by atoms with Crippen LogP contribution in [0.4, 0.5) is 0 Å². The molecule has 0 radical (unpaired) electrons. The molecule has 3 aliphatic rings. The number of allylic oxidation sites excluding steroid dienone is 6. The van der Waals surface area contributed by atoms with Gasteiger partial charge in [-0.25, -0.2) is 0 Å². The first kappa shape index (κ1) is 14.1. The first-order chi connectivity index (χ1) is 11.1. The predicted molar refractivity (Wildman–Crippen MR) is 91.9 cm³/mol. The number of fused-ring (bicyclic) bond motifs is 5. The van der Waals surface area contributed by atoms with Crippen molar-refractivity contribution in [2.75, 3.05) is 0 Å². The van der Waals surface area contributed by atoms with E-state index < -0.39 is 0 Å². The fraction of sp³-hybridized carbons (Fsp3) is 0.238. The van der Waals surface area contributed by atoms with Gasteiger partial charge in [-0.05, 0) is 40.3 Å². The highest BCUT2D eigenvalue weighted by atomic mass is 16.1. The standard InChI is InChI=1S/C21H18O2/c1-3-13-4-6-16-17-7-5-14-10-15(22)8-12(2)21(14)19(17)11-20(23)18(16)9-13/h3-7,9,11-12,21H,1,8,10H2,2H3. The zero-order chi connectivity index (χ0) is 16.1. The Kier molecular flexibility index (Phi) is 3.08. The Bertz CT molecular complexity index is 849. The van der Waals surface area contributed by atoms with Gasteiger partial charge in [-0.2, -0.15) is 0 Å². The lowest BCUT2D eigenvalue weighted by Crippen LogP contribution is -2.30. The molecule has 1 aromatic rings. The van der Waals surface area contributed by atoms with Crippen molar-refractivity contribution in [1.29, 1.82) is 0 Å². The third-order valence-electron chi connectivity index (χ3n) is 5.15. The highest BCUT2D eigenvalue weighted by Gasteiger charge is 2.38. The largest absolute Gasteiger partial charge is 0.299 e. The molecule has 4 rings (SSSR count). The van der Waals surface area contributed by atoms with Crippen LogP contribution < -0.4 is 0 Å². The minimum Gasteiger partial charge on any atom is -0.299 e. The van der Waals surface area contributed by atoms with Gasteiger partial charge in [-0.15, -0.1) is 0 Å². The number of hydrogen-bond acceptors (Lipinski definition) is 2. The van der Waals surface area contributed by atoms with E-state index >= 15 is 0 Å². The van der Waals surface area contributed by atoms with Crippen LogP contribution in [-0.2, 0) is 4.79 Å². The molecule has 2 nitrogen and oxygen atoms in total. The van der Waals surface area contributed by atoms with Crippen LogP contribution in [0.15, 0.2) is 54.2 Å². The Balaban J connectivity index is 1.89. The smallest absolute Gasteiger partial charge is 0.186 e. The summed E-state index contributed by atoms with van der Waals surface area (Å²) in [5.74, 6) is 0.806. The Morgan fingerprint density at radius 1 is 1.17 bits per heavy atom. The predicted octanol–water partition coefficient (Wildman–Crippen LogP) is 4.39. The summed E-state index contributed by atoms with van der Waals surface area (Å²) in [7, 11) is 0. The summed E-state index contributed by atoms with van der Waals surface area (Å²) in [5.41, 5.74) is 6.07. The van der Waals surface area contributed by atoms with Crippen LogP contribution in [0.3, 0.4) is 0 Å². The Labute approximate surface area is 135 Å². The van der Waals surface area contributed by atoms with Gasteiger partial charge < -0.3 is 0 Å². The molecule has 0 aliphatic heterocycles. The molecule has 0 aromatic heterocycles. The normalized spacial score (nSPS) is 25.5. The summed E-state index contributed by atoms with van der Waals surface area (Å²) in [6, 6.07) is 5.92. The summed E-state index contributed by atoms with van der Waals surface area (Å²) >= 11 is 0. The van der Waals surface area contributed by atoms with Crippen LogP contribution in [0.25, 0.3) is 11.6 Å². The first-order valence-corrected chi connectivity index (χ1v) is 8.04. The summed E-state index contributed by atoms with van der Waals surface area (Å²) in [6.07, 6.45) is 8.82. The van der Waals surface area contributed by atoms with Crippen LogP contribution >= 0.6 is 0 Å². The van der Waals surface area contributed by atoms with E-state index in [1.165, 1.54) is 0 Å². The van der Waals surface area contributed by atoms with E-state index in [1.807, 2.05) is 18.2 Å². The lowest BCUT2D eigenvalue weighted by atomic mass is 9.65. The summed E-state index contributed by atoms with van der Waals surface area (Å²) < 4.78 is 0. The molecule has 0 heterocycles. The quantitative estimate of drug-likeness (QED) is 0.771. The van der Waals surface area contributed by atoms with Crippen molar-refractivity contribution < 1.29 is 9.59 Å². The second-order valence-corrected chi connectivity index (χ2v) is 6.67. The van der Waals surface area contributed by atoms with E-state index in [1.54, 1.807) is 12.2 Å². The molecule has 2 heteroatoms. The average Bonchev–Trinajstić information content (AvgIpc) is 2.53. The molecular formula is C21H18O2. The fourth-order valence-electron chi connectivity index (χ4n) is 4.13. The maximum absolute atomic E-state index is 12.6. The molecule has 1 fully saturated rings. The number of hydrogen-bond donors (Lipinski definition) is 0. The van der Waals surface area contributed by atoms with Crippen LogP contribution in [0.2, 0.25) is 0 Å². The third kappa shape index (κ3) is 2.09. The molecule has 114 valence electrons. The SMILES string of the molecule is C=Cc1ccc2c(c1)C(=O)C=C1C2=CC=C2CC(=O)CC(C)C21. The molecule has 1 saturated carbocycles. The number of benzene rings is 1. The molecule has 1 aromatic carbocycles. The molecule has 0 N–H and O–H groups in total. The van der Waals surface area contributed by atoms with E-state index in [4.69, 9.17) is 0 Å². The number of carbonyl (C=O) groups excluding carboxylic acids is 2. The van der Waals surface area contributed by atoms with Crippen molar-refractivity contribution in [2.45, 2.75) is 19.8 Å². The Morgan fingerprint density at radius 2 is 2.00 bits per heavy atom. The topological polar surface area (TPSA) is 34.1 Å². The van der Waals surface area contributed by atoms with Crippen molar-refractivity contribution in [1.82, 2.24) is 0 Å². The number of carbonyl (C=O) groups is 2. The van der Waals surface area contributed by atoms with Gasteiger partial charge in [0.15, 0.2) is 5.78 Å². The minimum atomic E-state index is 0.0567. The van der Waals surface area contributed by atoms with Gasteiger partial charge in [0.2, 0.25) is 0 Å². The maximum Gasteiger partial charge on any atom is 0.186 e. The second-order valence-electron chi connectivity index (χ2n) is 6.67. The lowest BCUT2D eigenvalue weighted by molar-refractivity contribution is -0.120. The van der Waals surface area contributed by atoms with Crippen molar-refractivity contribution >= 4 is 23.2 Å². The monoisotopic (exact) mass is 302 g/mol. The van der Waals surface area contributed by atoms with Gasteiger partial charge in [0.1, 0.15) is 5.78 Å². The van der Waals surface area contributed by atoms with Gasteiger partial charge in [-0.3, -0.25) is 9.59 Å². The van der Waals surface area contributed by atoms with Crippen molar-refractivity contribution in [3.05, 3.63) is 70.8 Å². The van der Waals surface area contributed by atoms with E-state index in [0.29, 0.717) is 18.6 Å². The van der Waals surface area contributed by atoms with E-state index in [2.05, 4.69) is 25.7 Å². The summed E-state index contributed by atoms with van der Waals surface area (Å²) in [5, 5.41) is 0. The summed E-state index contributed by atoms with van der Waals surface area (Å²) in [6.45, 7) is 5.89. The second kappa shape index (κ2) is 5.02. The molecule has 23 heavy (non-hydrogen) atoms. The van der Waals surface area contributed by atoms with Crippen molar-refractivity contribution in [3.63, 3.8) is 0 Å². The third-order valence-corrected chi connectivity index (χ3v) is 5.15.